The van der Waals surface area contributed by atoms with E-state index in [1.807, 2.05) is 39.0 Å². The Bertz CT molecular complexity index is 791. The second kappa shape index (κ2) is 6.96. The zero-order chi connectivity index (χ0) is 18.0. The molecule has 1 unspecified atom stereocenters. The maximum Gasteiger partial charge on any atom is 0.252 e. The van der Waals surface area contributed by atoms with E-state index in [2.05, 4.69) is 20.3 Å². The average molecular weight is 339 g/mol. The Morgan fingerprint density at radius 1 is 1.24 bits per heavy atom. The van der Waals surface area contributed by atoms with E-state index >= 15 is 0 Å². The Labute approximate surface area is 146 Å². The molecule has 25 heavy (non-hydrogen) atoms. The number of rotatable bonds is 5. The topological polar surface area (TPSA) is 88.1 Å². The van der Waals surface area contributed by atoms with Gasteiger partial charge in [0, 0.05) is 35.8 Å². The highest BCUT2D eigenvalue weighted by atomic mass is 16.2. The largest absolute Gasteiger partial charge is 0.358 e. The molecule has 0 saturated carbocycles. The molecule has 130 valence electrons. The molecule has 1 saturated heterocycles. The minimum absolute atomic E-state index is 0.143. The summed E-state index contributed by atoms with van der Waals surface area (Å²) in [6, 6.07) is 4.77. The van der Waals surface area contributed by atoms with Crippen LogP contribution in [0, 0.1) is 0 Å². The summed E-state index contributed by atoms with van der Waals surface area (Å²) >= 11 is 0. The van der Waals surface area contributed by atoms with Crippen molar-refractivity contribution in [2.45, 2.75) is 45.7 Å². The number of pyridine rings is 1. The zero-order valence-corrected chi connectivity index (χ0v) is 14.6. The average Bonchev–Trinajstić information content (AvgIpc) is 2.89. The number of nitrogens with zero attached hydrogens (tertiary/aromatic N) is 4. The van der Waals surface area contributed by atoms with Gasteiger partial charge < -0.3 is 5.32 Å². The molecule has 7 heteroatoms. The number of amides is 2. The number of hydrogen-bond donors (Lipinski definition) is 1. The summed E-state index contributed by atoms with van der Waals surface area (Å²) in [5, 5.41) is 3.11. The Balaban J connectivity index is 1.88. The van der Waals surface area contributed by atoms with Crippen LogP contribution in [0.15, 0.2) is 30.6 Å². The van der Waals surface area contributed by atoms with Crippen molar-refractivity contribution >= 4 is 17.6 Å². The van der Waals surface area contributed by atoms with Crippen molar-refractivity contribution in [2.24, 2.45) is 0 Å². The molecule has 1 aliphatic rings. The quantitative estimate of drug-likeness (QED) is 0.839. The molecule has 7 nitrogen and oxygen atoms in total. The molecule has 1 fully saturated rings. The van der Waals surface area contributed by atoms with E-state index in [0.29, 0.717) is 11.6 Å². The molecule has 1 atom stereocenters. The molecular weight excluding hydrogens is 318 g/mol. The number of imide groups is 1. The number of hydrogen-bond acceptors (Lipinski definition) is 6. The van der Waals surface area contributed by atoms with Crippen LogP contribution in [0.3, 0.4) is 0 Å². The fraction of sp³-hybridized carbons (Fsp3) is 0.389. The Kier molecular flexibility index (Phi) is 4.74. The van der Waals surface area contributed by atoms with Crippen LogP contribution in [0.1, 0.15) is 32.9 Å². The molecule has 0 radical (unpaired) electrons. The van der Waals surface area contributed by atoms with Gasteiger partial charge in [0.2, 0.25) is 5.91 Å². The third-order valence-corrected chi connectivity index (χ3v) is 4.10. The Morgan fingerprint density at radius 3 is 2.56 bits per heavy atom. The maximum atomic E-state index is 12.5. The van der Waals surface area contributed by atoms with Crippen molar-refractivity contribution in [3.8, 4) is 11.4 Å². The van der Waals surface area contributed by atoms with Gasteiger partial charge in [0.15, 0.2) is 5.82 Å². The van der Waals surface area contributed by atoms with Gasteiger partial charge >= 0.3 is 0 Å². The lowest BCUT2D eigenvalue weighted by Crippen LogP contribution is -2.39. The number of carbonyl (C=O) groups excluding carboxylic acids is 2. The first kappa shape index (κ1) is 17.0. The molecule has 0 aromatic carbocycles. The number of aryl methyl sites for hydroxylation is 1. The Morgan fingerprint density at radius 2 is 1.96 bits per heavy atom. The van der Waals surface area contributed by atoms with Crippen LogP contribution in [0.4, 0.5) is 5.82 Å². The van der Waals surface area contributed by atoms with E-state index in [9.17, 15) is 9.59 Å². The Hall–Kier alpha value is -2.83. The third kappa shape index (κ3) is 3.50. The highest BCUT2D eigenvalue weighted by Crippen LogP contribution is 2.22. The molecule has 0 spiro atoms. The van der Waals surface area contributed by atoms with Gasteiger partial charge in [-0.1, -0.05) is 6.92 Å². The summed E-state index contributed by atoms with van der Waals surface area (Å²) in [5.41, 5.74) is 1.72. The fourth-order valence-corrected chi connectivity index (χ4v) is 2.87. The fourth-order valence-electron chi connectivity index (χ4n) is 2.87. The lowest BCUT2D eigenvalue weighted by molar-refractivity contribution is -0.140. The van der Waals surface area contributed by atoms with Crippen molar-refractivity contribution in [1.29, 1.82) is 0 Å². The second-order valence-corrected chi connectivity index (χ2v) is 6.25. The third-order valence-electron chi connectivity index (χ3n) is 4.10. The van der Waals surface area contributed by atoms with Crippen LogP contribution >= 0.6 is 0 Å². The van der Waals surface area contributed by atoms with E-state index in [1.165, 1.54) is 4.90 Å². The molecule has 1 aliphatic heterocycles. The van der Waals surface area contributed by atoms with Crippen molar-refractivity contribution in [3.63, 3.8) is 0 Å². The number of aromatic nitrogens is 3. The number of nitrogens with one attached hydrogen (secondary N) is 1. The van der Waals surface area contributed by atoms with E-state index in [4.69, 9.17) is 0 Å². The van der Waals surface area contributed by atoms with Gasteiger partial charge in [-0.3, -0.25) is 19.5 Å². The van der Waals surface area contributed by atoms with Gasteiger partial charge in [-0.25, -0.2) is 9.97 Å². The first-order valence-electron chi connectivity index (χ1n) is 8.40. The standard InChI is InChI=1S/C18H21N5O2/c1-4-13-9-15(22-17(20-13)12-5-7-19-8-6-12)21-14-10-16(24)23(11(2)3)18(14)25/h5-9,11,14H,4,10H2,1-3H3,(H,20,21,22). The number of likely N-dealkylation sites (tertiary alicyclic amines) is 1. The van der Waals surface area contributed by atoms with Crippen molar-refractivity contribution in [1.82, 2.24) is 19.9 Å². The monoisotopic (exact) mass is 339 g/mol. The van der Waals surface area contributed by atoms with Gasteiger partial charge in [-0.15, -0.1) is 0 Å². The summed E-state index contributed by atoms with van der Waals surface area (Å²) < 4.78 is 0. The van der Waals surface area contributed by atoms with Gasteiger partial charge in [0.05, 0.1) is 6.42 Å². The second-order valence-electron chi connectivity index (χ2n) is 6.25. The molecule has 2 amide bonds. The summed E-state index contributed by atoms with van der Waals surface area (Å²) in [7, 11) is 0. The summed E-state index contributed by atoms with van der Waals surface area (Å²) in [6.45, 7) is 5.67. The normalized spacial score (nSPS) is 17.4. The van der Waals surface area contributed by atoms with Crippen LogP contribution < -0.4 is 5.32 Å². The van der Waals surface area contributed by atoms with Gasteiger partial charge in [-0.2, -0.15) is 0 Å². The summed E-state index contributed by atoms with van der Waals surface area (Å²) in [4.78, 5) is 38.9. The van der Waals surface area contributed by atoms with Gasteiger partial charge in [-0.05, 0) is 32.4 Å². The van der Waals surface area contributed by atoms with Crippen LogP contribution in [0.25, 0.3) is 11.4 Å². The van der Waals surface area contributed by atoms with E-state index in [-0.39, 0.29) is 24.3 Å². The highest BCUT2D eigenvalue weighted by Gasteiger charge is 2.40. The van der Waals surface area contributed by atoms with Crippen LogP contribution in [0.5, 0.6) is 0 Å². The molecule has 2 aromatic rings. The first-order valence-corrected chi connectivity index (χ1v) is 8.40. The minimum Gasteiger partial charge on any atom is -0.358 e. The number of anilines is 1. The van der Waals surface area contributed by atoms with Crippen LogP contribution in [-0.4, -0.2) is 43.7 Å². The zero-order valence-electron chi connectivity index (χ0n) is 14.6. The summed E-state index contributed by atoms with van der Waals surface area (Å²) in [5.74, 6) is 0.760. The maximum absolute atomic E-state index is 12.5. The first-order chi connectivity index (χ1) is 12.0. The predicted molar refractivity (Wildman–Crippen MR) is 93.7 cm³/mol. The molecule has 3 rings (SSSR count). The molecule has 1 N–H and O–H groups in total. The lowest BCUT2D eigenvalue weighted by Gasteiger charge is -2.19. The smallest absolute Gasteiger partial charge is 0.252 e. The molecule has 0 aliphatic carbocycles. The number of carbonyl (C=O) groups is 2. The van der Waals surface area contributed by atoms with Crippen LogP contribution in [-0.2, 0) is 16.0 Å². The predicted octanol–water partition coefficient (Wildman–Crippen LogP) is 2.05. The van der Waals surface area contributed by atoms with Crippen LogP contribution in [0.2, 0.25) is 0 Å². The van der Waals surface area contributed by atoms with E-state index in [0.717, 1.165) is 17.7 Å². The molecule has 2 aromatic heterocycles. The van der Waals surface area contributed by atoms with Crippen molar-refractivity contribution < 1.29 is 9.59 Å². The van der Waals surface area contributed by atoms with Crippen molar-refractivity contribution in [2.75, 3.05) is 5.32 Å². The summed E-state index contributed by atoms with van der Waals surface area (Å²) in [6.07, 6.45) is 4.26. The van der Waals surface area contributed by atoms with Gasteiger partial charge in [0.1, 0.15) is 11.9 Å². The molecule has 3 heterocycles. The van der Waals surface area contributed by atoms with E-state index < -0.39 is 6.04 Å². The van der Waals surface area contributed by atoms with Gasteiger partial charge in [0.25, 0.3) is 5.91 Å². The van der Waals surface area contributed by atoms with E-state index in [1.54, 1.807) is 12.4 Å². The minimum atomic E-state index is -0.584. The molecule has 0 bridgehead atoms. The lowest BCUT2D eigenvalue weighted by atomic mass is 10.2. The highest BCUT2D eigenvalue weighted by molar-refractivity contribution is 6.07. The molecular formula is C18H21N5O2. The SMILES string of the molecule is CCc1cc(NC2CC(=O)N(C(C)C)C2=O)nc(-c2ccncc2)n1. The van der Waals surface area contributed by atoms with Crippen molar-refractivity contribution in [3.05, 3.63) is 36.3 Å².